The van der Waals surface area contributed by atoms with E-state index in [-0.39, 0.29) is 5.97 Å². The second kappa shape index (κ2) is 8.89. The molecule has 0 spiro atoms. The van der Waals surface area contributed by atoms with Gasteiger partial charge in [-0.15, -0.1) is 0 Å². The molecule has 0 aromatic heterocycles. The van der Waals surface area contributed by atoms with Crippen molar-refractivity contribution in [3.63, 3.8) is 0 Å². The summed E-state index contributed by atoms with van der Waals surface area (Å²) in [6.45, 7) is 4.72. The third-order valence-corrected chi connectivity index (χ3v) is 2.89. The van der Waals surface area contributed by atoms with E-state index in [0.29, 0.717) is 18.1 Å². The summed E-state index contributed by atoms with van der Waals surface area (Å²) < 4.78 is 15.3. The minimum Gasteiger partial charge on any atom is -0.493 e. The van der Waals surface area contributed by atoms with Crippen LogP contribution in [0.25, 0.3) is 0 Å². The van der Waals surface area contributed by atoms with E-state index in [1.165, 1.54) is 6.08 Å². The molecule has 0 bridgehead atoms. The Kier molecular flexibility index (Phi) is 7.15. The van der Waals surface area contributed by atoms with Gasteiger partial charge in [0.25, 0.3) is 0 Å². The molecule has 0 unspecified atom stereocenters. The first-order valence-corrected chi connectivity index (χ1v) is 6.90. The molecule has 21 heavy (non-hydrogen) atoms. The van der Waals surface area contributed by atoms with Crippen LogP contribution in [0.1, 0.15) is 19.4 Å². The Bertz CT molecular complexity index is 497. The van der Waals surface area contributed by atoms with Crippen LogP contribution in [0, 0.1) is 0 Å². The van der Waals surface area contributed by atoms with Crippen molar-refractivity contribution in [1.82, 2.24) is 5.32 Å². The lowest BCUT2D eigenvalue weighted by Crippen LogP contribution is -2.16. The lowest BCUT2D eigenvalue weighted by Gasteiger charge is -2.10. The van der Waals surface area contributed by atoms with Gasteiger partial charge < -0.3 is 19.5 Å². The number of nitrogens with one attached hydrogen (secondary N) is 1. The molecule has 0 atom stereocenters. The first kappa shape index (κ1) is 16.9. The van der Waals surface area contributed by atoms with Gasteiger partial charge in [0.2, 0.25) is 0 Å². The van der Waals surface area contributed by atoms with Crippen molar-refractivity contribution < 1.29 is 19.0 Å². The lowest BCUT2D eigenvalue weighted by atomic mass is 10.1. The number of rotatable bonds is 8. The number of benzene rings is 1. The second-order valence-electron chi connectivity index (χ2n) is 4.45. The van der Waals surface area contributed by atoms with Gasteiger partial charge in [-0.25, -0.2) is 4.79 Å². The lowest BCUT2D eigenvalue weighted by molar-refractivity contribution is -0.137. The van der Waals surface area contributed by atoms with Crippen LogP contribution in [0.2, 0.25) is 0 Å². The van der Waals surface area contributed by atoms with Crippen molar-refractivity contribution in [3.8, 4) is 11.5 Å². The van der Waals surface area contributed by atoms with Gasteiger partial charge in [-0.05, 0) is 38.0 Å². The molecule has 0 aliphatic heterocycles. The Balaban J connectivity index is 2.50. The number of methoxy groups -OCH3 is 2. The Morgan fingerprint density at radius 3 is 2.57 bits per heavy atom. The topological polar surface area (TPSA) is 56.8 Å². The van der Waals surface area contributed by atoms with E-state index in [9.17, 15) is 4.79 Å². The van der Waals surface area contributed by atoms with Crippen molar-refractivity contribution in [2.45, 2.75) is 20.3 Å². The number of hydrogen-bond acceptors (Lipinski definition) is 5. The fourth-order valence-electron chi connectivity index (χ4n) is 1.85. The smallest absolute Gasteiger partial charge is 0.332 e. The monoisotopic (exact) mass is 293 g/mol. The minimum absolute atomic E-state index is 0.325. The number of hydrogen-bond donors (Lipinski definition) is 1. The molecule has 0 amide bonds. The molecule has 5 nitrogen and oxygen atoms in total. The molecule has 1 aromatic rings. The molecule has 0 saturated carbocycles. The van der Waals surface area contributed by atoms with Gasteiger partial charge in [-0.2, -0.15) is 0 Å². The van der Waals surface area contributed by atoms with Crippen LogP contribution >= 0.6 is 0 Å². The Hall–Kier alpha value is -2.17. The number of allylic oxidation sites excluding steroid dienone is 1. The third-order valence-electron chi connectivity index (χ3n) is 2.89. The third kappa shape index (κ3) is 5.77. The van der Waals surface area contributed by atoms with Crippen molar-refractivity contribution in [2.24, 2.45) is 0 Å². The van der Waals surface area contributed by atoms with Crippen LogP contribution in [0.15, 0.2) is 30.0 Å². The average Bonchev–Trinajstić information content (AvgIpc) is 2.47. The number of ether oxygens (including phenoxy) is 3. The van der Waals surface area contributed by atoms with Crippen LogP contribution in [-0.4, -0.2) is 33.3 Å². The standard InChI is InChI=1S/C16H23NO4/c1-5-21-16(18)10-12(2)17-9-8-13-6-7-14(19-3)15(11-13)20-4/h6-7,10-11,17H,5,8-9H2,1-4H3/b12-10+. The molecule has 1 aromatic carbocycles. The van der Waals surface area contributed by atoms with E-state index in [1.54, 1.807) is 21.1 Å². The van der Waals surface area contributed by atoms with E-state index in [1.807, 2.05) is 25.1 Å². The normalized spacial score (nSPS) is 11.0. The Labute approximate surface area is 125 Å². The molecule has 116 valence electrons. The first-order valence-electron chi connectivity index (χ1n) is 6.90. The fraction of sp³-hybridized carbons (Fsp3) is 0.438. The van der Waals surface area contributed by atoms with Crippen molar-refractivity contribution >= 4 is 5.97 Å². The molecular weight excluding hydrogens is 270 g/mol. The molecule has 0 saturated heterocycles. The van der Waals surface area contributed by atoms with Gasteiger partial charge >= 0.3 is 5.97 Å². The highest BCUT2D eigenvalue weighted by Gasteiger charge is 2.04. The predicted molar refractivity (Wildman–Crippen MR) is 81.6 cm³/mol. The van der Waals surface area contributed by atoms with E-state index >= 15 is 0 Å². The van der Waals surface area contributed by atoms with Crippen LogP contribution in [-0.2, 0) is 16.0 Å². The largest absolute Gasteiger partial charge is 0.493 e. The first-order chi connectivity index (χ1) is 10.1. The van der Waals surface area contributed by atoms with E-state index < -0.39 is 0 Å². The highest BCUT2D eigenvalue weighted by molar-refractivity contribution is 5.82. The summed E-state index contributed by atoms with van der Waals surface area (Å²) in [5, 5.41) is 3.17. The highest BCUT2D eigenvalue weighted by Crippen LogP contribution is 2.27. The van der Waals surface area contributed by atoms with Gasteiger partial charge in [0, 0.05) is 18.3 Å². The number of carbonyl (C=O) groups excluding carboxylic acids is 1. The van der Waals surface area contributed by atoms with Crippen LogP contribution < -0.4 is 14.8 Å². The van der Waals surface area contributed by atoms with Gasteiger partial charge in [0.1, 0.15) is 0 Å². The quantitative estimate of drug-likeness (QED) is 0.589. The van der Waals surface area contributed by atoms with Crippen LogP contribution in [0.5, 0.6) is 11.5 Å². The van der Waals surface area contributed by atoms with Gasteiger partial charge in [0.15, 0.2) is 11.5 Å². The van der Waals surface area contributed by atoms with Crippen molar-refractivity contribution in [1.29, 1.82) is 0 Å². The summed E-state index contributed by atoms with van der Waals surface area (Å²) in [6, 6.07) is 5.83. The summed E-state index contributed by atoms with van der Waals surface area (Å²) in [6.07, 6.45) is 2.27. The zero-order valence-corrected chi connectivity index (χ0v) is 13.1. The van der Waals surface area contributed by atoms with Crippen molar-refractivity contribution in [3.05, 3.63) is 35.5 Å². The second-order valence-corrected chi connectivity index (χ2v) is 4.45. The maximum Gasteiger partial charge on any atom is 0.332 e. The number of esters is 1. The maximum atomic E-state index is 11.3. The predicted octanol–water partition coefficient (Wildman–Crippen LogP) is 2.30. The molecule has 5 heteroatoms. The molecule has 0 heterocycles. The minimum atomic E-state index is -0.325. The summed E-state index contributed by atoms with van der Waals surface area (Å²) in [5.41, 5.74) is 1.91. The highest BCUT2D eigenvalue weighted by atomic mass is 16.5. The van der Waals surface area contributed by atoms with E-state index in [0.717, 1.165) is 24.2 Å². The Morgan fingerprint density at radius 2 is 1.95 bits per heavy atom. The molecular formula is C16H23NO4. The molecule has 1 rings (SSSR count). The SMILES string of the molecule is CCOC(=O)/C=C(\C)NCCc1ccc(OC)c(OC)c1. The van der Waals surface area contributed by atoms with Crippen LogP contribution in [0.3, 0.4) is 0 Å². The molecule has 1 N–H and O–H groups in total. The number of carbonyl (C=O) groups is 1. The van der Waals surface area contributed by atoms with Gasteiger partial charge in [0.05, 0.1) is 20.8 Å². The van der Waals surface area contributed by atoms with Crippen molar-refractivity contribution in [2.75, 3.05) is 27.4 Å². The van der Waals surface area contributed by atoms with Crippen LogP contribution in [0.4, 0.5) is 0 Å². The summed E-state index contributed by atoms with van der Waals surface area (Å²) in [4.78, 5) is 11.3. The molecule has 0 fully saturated rings. The summed E-state index contributed by atoms with van der Waals surface area (Å²) in [7, 11) is 3.23. The van der Waals surface area contributed by atoms with Gasteiger partial charge in [-0.1, -0.05) is 6.07 Å². The maximum absolute atomic E-state index is 11.3. The summed E-state index contributed by atoms with van der Waals surface area (Å²) >= 11 is 0. The molecule has 0 aliphatic carbocycles. The fourth-order valence-corrected chi connectivity index (χ4v) is 1.85. The van der Waals surface area contributed by atoms with E-state index in [2.05, 4.69) is 5.32 Å². The summed E-state index contributed by atoms with van der Waals surface area (Å²) in [5.74, 6) is 1.11. The van der Waals surface area contributed by atoms with Gasteiger partial charge in [-0.3, -0.25) is 0 Å². The Morgan fingerprint density at radius 1 is 1.24 bits per heavy atom. The zero-order chi connectivity index (χ0) is 15.7. The van der Waals surface area contributed by atoms with E-state index in [4.69, 9.17) is 14.2 Å². The zero-order valence-electron chi connectivity index (χ0n) is 13.1. The molecule has 0 radical (unpaired) electrons. The average molecular weight is 293 g/mol. The molecule has 0 aliphatic rings.